The Balaban J connectivity index is 1.59. The minimum Gasteiger partial charge on any atom is -0.383 e. The fourth-order valence-corrected chi connectivity index (χ4v) is 6.85. The smallest absolute Gasteiger partial charge is 0.257 e. The normalized spacial score (nSPS) is 27.3. The highest BCUT2D eigenvalue weighted by atomic mass is 32.2. The van der Waals surface area contributed by atoms with E-state index in [2.05, 4.69) is 18.7 Å². The summed E-state index contributed by atoms with van der Waals surface area (Å²) in [7, 11) is -2.05. The van der Waals surface area contributed by atoms with Crippen LogP contribution in [0, 0.1) is 5.41 Å². The van der Waals surface area contributed by atoms with Crippen molar-refractivity contribution in [2.24, 2.45) is 10.4 Å². The van der Waals surface area contributed by atoms with E-state index in [4.69, 9.17) is 19.2 Å². The number of aliphatic imine (C=N–C) groups is 1. The summed E-state index contributed by atoms with van der Waals surface area (Å²) in [5.74, 6) is -0.374. The maximum Gasteiger partial charge on any atom is 0.257 e. The third-order valence-electron chi connectivity index (χ3n) is 6.59. The van der Waals surface area contributed by atoms with E-state index in [0.717, 1.165) is 42.9 Å². The third-order valence-corrected chi connectivity index (χ3v) is 8.54. The van der Waals surface area contributed by atoms with Gasteiger partial charge in [0.1, 0.15) is 0 Å². The molecule has 0 amide bonds. The number of methoxy groups -OCH3 is 1. The molecule has 170 valence electrons. The molecule has 1 spiro atoms. The van der Waals surface area contributed by atoms with Gasteiger partial charge in [0.2, 0.25) is 10.0 Å². The molecule has 4 aliphatic heterocycles. The molecule has 1 atom stereocenters. The molecule has 0 unspecified atom stereocenters. The van der Waals surface area contributed by atoms with Crippen LogP contribution in [0.3, 0.4) is 0 Å². The van der Waals surface area contributed by atoms with Crippen LogP contribution in [0.4, 0.5) is 5.69 Å². The van der Waals surface area contributed by atoms with Gasteiger partial charge < -0.3 is 19.1 Å². The number of rotatable bonds is 4. The summed E-state index contributed by atoms with van der Waals surface area (Å²) in [4.78, 5) is 7.27. The largest absolute Gasteiger partial charge is 0.383 e. The van der Waals surface area contributed by atoms with Crippen molar-refractivity contribution in [3.63, 3.8) is 0 Å². The number of anilines is 1. The van der Waals surface area contributed by atoms with Gasteiger partial charge in [-0.15, -0.1) is 0 Å². The van der Waals surface area contributed by atoms with Crippen molar-refractivity contribution in [1.29, 1.82) is 0 Å². The van der Waals surface area contributed by atoms with Crippen molar-refractivity contribution in [1.82, 2.24) is 4.31 Å². The fourth-order valence-electron chi connectivity index (χ4n) is 5.14. The number of ether oxygens (including phenoxy) is 3. The summed E-state index contributed by atoms with van der Waals surface area (Å²) in [6.07, 6.45) is 2.46. The second-order valence-electron chi connectivity index (χ2n) is 9.60. The Morgan fingerprint density at radius 2 is 2.00 bits per heavy atom. The molecular weight excluding hydrogens is 418 g/mol. The summed E-state index contributed by atoms with van der Waals surface area (Å²) < 4.78 is 46.4. The summed E-state index contributed by atoms with van der Waals surface area (Å²) >= 11 is 0. The number of sulfonamides is 1. The van der Waals surface area contributed by atoms with Crippen LogP contribution < -0.4 is 4.90 Å². The average molecular weight is 450 g/mol. The van der Waals surface area contributed by atoms with Gasteiger partial charge in [-0.3, -0.25) is 4.99 Å². The highest BCUT2D eigenvalue weighted by Gasteiger charge is 2.55. The lowest BCUT2D eigenvalue weighted by Crippen LogP contribution is -2.52. The maximum atomic E-state index is 13.6. The second kappa shape index (κ2) is 7.52. The molecule has 1 aromatic rings. The van der Waals surface area contributed by atoms with E-state index in [1.807, 2.05) is 6.07 Å². The Kier molecular flexibility index (Phi) is 5.17. The Labute approximate surface area is 184 Å². The van der Waals surface area contributed by atoms with E-state index >= 15 is 0 Å². The predicted molar refractivity (Wildman–Crippen MR) is 117 cm³/mol. The minimum absolute atomic E-state index is 0.00857. The number of hydrogen-bond donors (Lipinski definition) is 0. The van der Waals surface area contributed by atoms with Crippen LogP contribution >= 0.6 is 0 Å². The zero-order valence-electron chi connectivity index (χ0n) is 18.5. The molecule has 0 bridgehead atoms. The van der Waals surface area contributed by atoms with Gasteiger partial charge in [-0.05, 0) is 37.5 Å². The number of amidine groups is 1. The van der Waals surface area contributed by atoms with Crippen molar-refractivity contribution >= 4 is 21.5 Å². The van der Waals surface area contributed by atoms with Gasteiger partial charge in [0.05, 0.1) is 30.4 Å². The monoisotopic (exact) mass is 449 g/mol. The Hall–Kier alpha value is -1.52. The van der Waals surface area contributed by atoms with E-state index in [-0.39, 0.29) is 16.4 Å². The standard InChI is InChI=1S/C22H31N3O5S/c1-21(2)14-23-20-22(29-10-5-11-30-22)18-12-17(7-8-19(18)24(20)15-21)31(26,27)25-9-4-6-16(25)13-28-3/h7-8,12,16H,4-6,9-11,13-15H2,1-3H3/t16-/m0/s1. The molecule has 2 fully saturated rings. The van der Waals surface area contributed by atoms with Gasteiger partial charge >= 0.3 is 0 Å². The maximum absolute atomic E-state index is 13.6. The summed E-state index contributed by atoms with van der Waals surface area (Å²) in [5, 5.41) is 0. The molecule has 8 nitrogen and oxygen atoms in total. The number of nitrogens with zero attached hydrogens (tertiary/aromatic N) is 3. The molecule has 0 saturated carbocycles. The van der Waals surface area contributed by atoms with E-state index in [0.29, 0.717) is 32.9 Å². The Morgan fingerprint density at radius 1 is 1.23 bits per heavy atom. The van der Waals surface area contributed by atoms with Crippen molar-refractivity contribution < 1.29 is 22.6 Å². The number of fused-ring (bicyclic) bond motifs is 5. The summed E-state index contributed by atoms with van der Waals surface area (Å²) in [6.45, 7) is 7.84. The van der Waals surface area contributed by atoms with Crippen molar-refractivity contribution in [3.05, 3.63) is 23.8 Å². The van der Waals surface area contributed by atoms with Crippen LogP contribution in [0.25, 0.3) is 0 Å². The molecule has 2 saturated heterocycles. The zero-order chi connectivity index (χ0) is 21.9. The lowest BCUT2D eigenvalue weighted by Gasteiger charge is -2.40. The number of hydrogen-bond acceptors (Lipinski definition) is 7. The molecule has 0 aromatic heterocycles. The zero-order valence-corrected chi connectivity index (χ0v) is 19.3. The lowest BCUT2D eigenvalue weighted by atomic mass is 9.91. The minimum atomic E-state index is -3.66. The molecule has 9 heteroatoms. The first-order valence-corrected chi connectivity index (χ1v) is 12.5. The van der Waals surface area contributed by atoms with Gasteiger partial charge in [0, 0.05) is 43.8 Å². The van der Waals surface area contributed by atoms with Crippen LogP contribution in [0.5, 0.6) is 0 Å². The highest BCUT2D eigenvalue weighted by molar-refractivity contribution is 7.89. The van der Waals surface area contributed by atoms with Gasteiger partial charge in [-0.25, -0.2) is 8.42 Å². The highest BCUT2D eigenvalue weighted by Crippen LogP contribution is 2.49. The van der Waals surface area contributed by atoms with E-state index in [1.165, 1.54) is 0 Å². The Morgan fingerprint density at radius 3 is 2.74 bits per heavy atom. The average Bonchev–Trinajstić information content (AvgIpc) is 3.31. The quantitative estimate of drug-likeness (QED) is 0.702. The van der Waals surface area contributed by atoms with Gasteiger partial charge in [-0.2, -0.15) is 4.31 Å². The van der Waals surface area contributed by atoms with Crippen LogP contribution in [0.1, 0.15) is 38.7 Å². The third kappa shape index (κ3) is 3.33. The lowest BCUT2D eigenvalue weighted by molar-refractivity contribution is -0.228. The molecule has 31 heavy (non-hydrogen) atoms. The summed E-state index contributed by atoms with van der Waals surface area (Å²) in [6, 6.07) is 5.20. The number of benzene rings is 1. The molecule has 4 aliphatic rings. The van der Waals surface area contributed by atoms with Crippen LogP contribution in [-0.4, -0.2) is 71.2 Å². The molecule has 0 N–H and O–H groups in total. The van der Waals surface area contributed by atoms with E-state index in [9.17, 15) is 8.42 Å². The van der Waals surface area contributed by atoms with Crippen molar-refractivity contribution in [2.75, 3.05) is 51.5 Å². The molecular formula is C22H31N3O5S. The van der Waals surface area contributed by atoms with E-state index in [1.54, 1.807) is 23.5 Å². The molecule has 0 aliphatic carbocycles. The first-order valence-electron chi connectivity index (χ1n) is 11.0. The van der Waals surface area contributed by atoms with Crippen LogP contribution in [0.15, 0.2) is 28.1 Å². The summed E-state index contributed by atoms with van der Waals surface area (Å²) in [5.41, 5.74) is 1.67. The Bertz CT molecular complexity index is 1000. The molecule has 4 heterocycles. The predicted octanol–water partition coefficient (Wildman–Crippen LogP) is 2.33. The van der Waals surface area contributed by atoms with Crippen LogP contribution in [0.2, 0.25) is 0 Å². The van der Waals surface area contributed by atoms with E-state index < -0.39 is 15.8 Å². The van der Waals surface area contributed by atoms with Crippen molar-refractivity contribution in [3.8, 4) is 0 Å². The first kappa shape index (κ1) is 21.3. The van der Waals surface area contributed by atoms with Gasteiger partial charge in [0.15, 0.2) is 5.84 Å². The fraction of sp³-hybridized carbons (Fsp3) is 0.682. The SMILES string of the molecule is COC[C@@H]1CCCN1S(=O)(=O)c1ccc2c(c1)C1(OCCCO1)C1=NCC(C)(C)CN12. The van der Waals surface area contributed by atoms with Gasteiger partial charge in [-0.1, -0.05) is 13.8 Å². The molecule has 1 aromatic carbocycles. The molecule has 5 rings (SSSR count). The topological polar surface area (TPSA) is 80.7 Å². The van der Waals surface area contributed by atoms with Gasteiger partial charge in [0.25, 0.3) is 5.79 Å². The second-order valence-corrected chi connectivity index (χ2v) is 11.5. The van der Waals surface area contributed by atoms with Crippen molar-refractivity contribution in [2.45, 2.75) is 49.8 Å². The molecule has 0 radical (unpaired) electrons. The first-order chi connectivity index (χ1) is 14.8. The van der Waals surface area contributed by atoms with Crippen LogP contribution in [-0.2, 0) is 30.0 Å².